The van der Waals surface area contributed by atoms with E-state index in [9.17, 15) is 4.79 Å². The van der Waals surface area contributed by atoms with Gasteiger partial charge in [0.05, 0.1) is 6.61 Å². The molecular formula is C12H15NO4. The standard InChI is InChI=1S/C12H15NO4/c1-8-10(9-3-2-6-16-7-9)4-5-13-11(8)17-12(14)15/h4-5,9H,2-3,6-7H2,1H3,(H,14,15). The molecule has 1 N–H and O–H groups in total. The van der Waals surface area contributed by atoms with E-state index in [4.69, 9.17) is 9.84 Å². The van der Waals surface area contributed by atoms with Crippen molar-refractivity contribution < 1.29 is 19.4 Å². The van der Waals surface area contributed by atoms with Crippen molar-refractivity contribution in [1.82, 2.24) is 4.98 Å². The molecule has 1 aromatic rings. The predicted octanol–water partition coefficient (Wildman–Crippen LogP) is 2.34. The van der Waals surface area contributed by atoms with Crippen molar-refractivity contribution in [2.24, 2.45) is 0 Å². The monoisotopic (exact) mass is 237 g/mol. The first-order valence-corrected chi connectivity index (χ1v) is 5.62. The molecule has 1 aliphatic heterocycles. The number of aromatic nitrogens is 1. The van der Waals surface area contributed by atoms with E-state index in [2.05, 4.69) is 9.72 Å². The molecule has 0 aromatic carbocycles. The highest BCUT2D eigenvalue weighted by Crippen LogP contribution is 2.30. The molecule has 0 aliphatic carbocycles. The highest BCUT2D eigenvalue weighted by molar-refractivity contribution is 5.61. The SMILES string of the molecule is Cc1c(C2CCCOC2)ccnc1OC(=O)O. The third-order valence-corrected chi connectivity index (χ3v) is 2.98. The molecule has 2 rings (SSSR count). The van der Waals surface area contributed by atoms with E-state index in [0.29, 0.717) is 12.5 Å². The van der Waals surface area contributed by atoms with Crippen molar-refractivity contribution in [1.29, 1.82) is 0 Å². The average molecular weight is 237 g/mol. The molecule has 5 heteroatoms. The van der Waals surface area contributed by atoms with E-state index in [0.717, 1.165) is 30.6 Å². The minimum Gasteiger partial charge on any atom is -0.449 e. The number of nitrogens with zero attached hydrogens (tertiary/aromatic N) is 1. The fraction of sp³-hybridized carbons (Fsp3) is 0.500. The third kappa shape index (κ3) is 2.74. The first kappa shape index (κ1) is 11.9. The van der Waals surface area contributed by atoms with Gasteiger partial charge in [0.25, 0.3) is 0 Å². The van der Waals surface area contributed by atoms with Crippen LogP contribution in [-0.2, 0) is 4.74 Å². The molecule has 1 aromatic heterocycles. The van der Waals surface area contributed by atoms with E-state index in [-0.39, 0.29) is 5.88 Å². The van der Waals surface area contributed by atoms with Crippen LogP contribution in [0.4, 0.5) is 4.79 Å². The Morgan fingerprint density at radius 2 is 2.47 bits per heavy atom. The summed E-state index contributed by atoms with van der Waals surface area (Å²) >= 11 is 0. The van der Waals surface area contributed by atoms with Gasteiger partial charge in [-0.3, -0.25) is 0 Å². The Hall–Kier alpha value is -1.62. The van der Waals surface area contributed by atoms with E-state index in [1.165, 1.54) is 0 Å². The van der Waals surface area contributed by atoms with Crippen LogP contribution in [0, 0.1) is 6.92 Å². The first-order valence-electron chi connectivity index (χ1n) is 5.62. The van der Waals surface area contributed by atoms with Crippen molar-refractivity contribution in [3.8, 4) is 5.88 Å². The quantitative estimate of drug-likeness (QED) is 0.799. The van der Waals surface area contributed by atoms with E-state index < -0.39 is 6.16 Å². The maximum atomic E-state index is 10.5. The van der Waals surface area contributed by atoms with Gasteiger partial charge in [-0.15, -0.1) is 0 Å². The fourth-order valence-electron chi connectivity index (χ4n) is 2.14. The third-order valence-electron chi connectivity index (χ3n) is 2.98. The Morgan fingerprint density at radius 3 is 3.12 bits per heavy atom. The summed E-state index contributed by atoms with van der Waals surface area (Å²) in [5, 5.41) is 8.61. The summed E-state index contributed by atoms with van der Waals surface area (Å²) < 4.78 is 10.1. The second kappa shape index (κ2) is 5.14. The molecule has 92 valence electrons. The Bertz CT molecular complexity index is 413. The molecule has 5 nitrogen and oxygen atoms in total. The molecule has 1 atom stereocenters. The summed E-state index contributed by atoms with van der Waals surface area (Å²) in [6, 6.07) is 1.91. The number of ether oxygens (including phenoxy) is 2. The minimum atomic E-state index is -1.34. The molecule has 1 unspecified atom stereocenters. The topological polar surface area (TPSA) is 68.7 Å². The lowest BCUT2D eigenvalue weighted by Crippen LogP contribution is -2.17. The molecule has 0 bridgehead atoms. The first-order chi connectivity index (χ1) is 8.18. The summed E-state index contributed by atoms with van der Waals surface area (Å²) in [6.07, 6.45) is 2.33. The largest absolute Gasteiger partial charge is 0.512 e. The molecule has 0 amide bonds. The normalized spacial score (nSPS) is 19.9. The second-order valence-electron chi connectivity index (χ2n) is 4.11. The van der Waals surface area contributed by atoms with Crippen LogP contribution in [0.15, 0.2) is 12.3 Å². The van der Waals surface area contributed by atoms with Gasteiger partial charge in [-0.2, -0.15) is 0 Å². The van der Waals surface area contributed by atoms with Crippen LogP contribution in [0.25, 0.3) is 0 Å². The van der Waals surface area contributed by atoms with Crippen molar-refractivity contribution in [2.45, 2.75) is 25.7 Å². The molecule has 0 saturated carbocycles. The summed E-state index contributed by atoms with van der Waals surface area (Å²) in [6.45, 7) is 3.31. The summed E-state index contributed by atoms with van der Waals surface area (Å²) in [7, 11) is 0. The summed E-state index contributed by atoms with van der Waals surface area (Å²) in [5.41, 5.74) is 1.85. The van der Waals surface area contributed by atoms with Gasteiger partial charge in [-0.05, 0) is 31.4 Å². The van der Waals surface area contributed by atoms with Gasteiger partial charge < -0.3 is 14.6 Å². The Balaban J connectivity index is 2.24. The summed E-state index contributed by atoms with van der Waals surface area (Å²) in [5.74, 6) is 0.475. The van der Waals surface area contributed by atoms with Crippen LogP contribution < -0.4 is 4.74 Å². The lowest BCUT2D eigenvalue weighted by molar-refractivity contribution is 0.0801. The van der Waals surface area contributed by atoms with Gasteiger partial charge in [0, 0.05) is 24.3 Å². The van der Waals surface area contributed by atoms with Gasteiger partial charge >= 0.3 is 6.16 Å². The van der Waals surface area contributed by atoms with E-state index >= 15 is 0 Å². The van der Waals surface area contributed by atoms with Gasteiger partial charge in [0.2, 0.25) is 5.88 Å². The Labute approximate surface area is 99.4 Å². The fourth-order valence-corrected chi connectivity index (χ4v) is 2.14. The molecule has 0 radical (unpaired) electrons. The average Bonchev–Trinajstić information content (AvgIpc) is 2.32. The van der Waals surface area contributed by atoms with Crippen molar-refractivity contribution in [3.63, 3.8) is 0 Å². The minimum absolute atomic E-state index is 0.167. The van der Waals surface area contributed by atoms with Crippen molar-refractivity contribution in [3.05, 3.63) is 23.4 Å². The molecule has 2 heterocycles. The number of rotatable bonds is 2. The molecule has 1 saturated heterocycles. The number of pyridine rings is 1. The molecule has 1 aliphatic rings. The Kier molecular flexibility index (Phi) is 3.58. The molecule has 1 fully saturated rings. The van der Waals surface area contributed by atoms with E-state index in [1.807, 2.05) is 13.0 Å². The lowest BCUT2D eigenvalue weighted by atomic mass is 9.91. The number of hydrogen-bond acceptors (Lipinski definition) is 4. The second-order valence-corrected chi connectivity index (χ2v) is 4.11. The number of carboxylic acid groups (broad SMARTS) is 1. The molecule has 17 heavy (non-hydrogen) atoms. The number of carbonyl (C=O) groups is 1. The lowest BCUT2D eigenvalue weighted by Gasteiger charge is -2.24. The zero-order chi connectivity index (χ0) is 12.3. The predicted molar refractivity (Wildman–Crippen MR) is 60.4 cm³/mol. The highest BCUT2D eigenvalue weighted by Gasteiger charge is 2.20. The molecule has 0 spiro atoms. The number of hydrogen-bond donors (Lipinski definition) is 1. The summed E-state index contributed by atoms with van der Waals surface area (Å²) in [4.78, 5) is 14.5. The smallest absolute Gasteiger partial charge is 0.449 e. The van der Waals surface area contributed by atoms with Crippen LogP contribution in [0.2, 0.25) is 0 Å². The van der Waals surface area contributed by atoms with Crippen LogP contribution in [0.3, 0.4) is 0 Å². The zero-order valence-corrected chi connectivity index (χ0v) is 9.68. The van der Waals surface area contributed by atoms with Crippen LogP contribution in [-0.4, -0.2) is 29.5 Å². The van der Waals surface area contributed by atoms with E-state index in [1.54, 1.807) is 6.20 Å². The van der Waals surface area contributed by atoms with Gasteiger partial charge in [-0.25, -0.2) is 9.78 Å². The van der Waals surface area contributed by atoms with Crippen LogP contribution in [0.1, 0.15) is 29.9 Å². The molecular weight excluding hydrogens is 222 g/mol. The van der Waals surface area contributed by atoms with Crippen LogP contribution >= 0.6 is 0 Å². The van der Waals surface area contributed by atoms with Gasteiger partial charge in [-0.1, -0.05) is 0 Å². The maximum absolute atomic E-state index is 10.5. The maximum Gasteiger partial charge on any atom is 0.512 e. The van der Waals surface area contributed by atoms with Gasteiger partial charge in [0.1, 0.15) is 0 Å². The zero-order valence-electron chi connectivity index (χ0n) is 9.68. The Morgan fingerprint density at radius 1 is 1.65 bits per heavy atom. The van der Waals surface area contributed by atoms with Crippen molar-refractivity contribution in [2.75, 3.05) is 13.2 Å². The van der Waals surface area contributed by atoms with Crippen LogP contribution in [0.5, 0.6) is 5.88 Å². The highest BCUT2D eigenvalue weighted by atomic mass is 16.7. The van der Waals surface area contributed by atoms with Crippen molar-refractivity contribution >= 4 is 6.16 Å². The van der Waals surface area contributed by atoms with Gasteiger partial charge in [0.15, 0.2) is 0 Å².